The Bertz CT molecular complexity index is 741. The fraction of sp³-hybridized carbons (Fsp3) is 0.167. The van der Waals surface area contributed by atoms with E-state index >= 15 is 0 Å². The van der Waals surface area contributed by atoms with Gasteiger partial charge in [-0.2, -0.15) is 0 Å². The number of anilines is 1. The van der Waals surface area contributed by atoms with Crippen LogP contribution in [0.5, 0.6) is 0 Å². The minimum absolute atomic E-state index is 0.00193. The van der Waals surface area contributed by atoms with Crippen molar-refractivity contribution >= 4 is 15.7 Å². The van der Waals surface area contributed by atoms with Crippen LogP contribution in [0.2, 0.25) is 0 Å². The summed E-state index contributed by atoms with van der Waals surface area (Å²) in [5.41, 5.74) is 1.03. The number of hydrogen-bond acceptors (Lipinski definition) is 3. The summed E-state index contributed by atoms with van der Waals surface area (Å²) < 4.78 is 49.8. The van der Waals surface area contributed by atoms with Gasteiger partial charge in [-0.25, -0.2) is 22.3 Å². The van der Waals surface area contributed by atoms with E-state index in [0.717, 1.165) is 12.1 Å². The molecule has 0 saturated carbocycles. The van der Waals surface area contributed by atoms with Gasteiger partial charge in [-0.1, -0.05) is 0 Å². The van der Waals surface area contributed by atoms with Crippen LogP contribution in [-0.2, 0) is 23.6 Å². The van der Waals surface area contributed by atoms with Gasteiger partial charge in [0.1, 0.15) is 0 Å². The van der Waals surface area contributed by atoms with Crippen LogP contribution in [0.15, 0.2) is 35.4 Å². The van der Waals surface area contributed by atoms with E-state index in [1.54, 1.807) is 11.6 Å². The van der Waals surface area contributed by atoms with Gasteiger partial charge in [-0.15, -0.1) is 0 Å². The first-order valence-corrected chi connectivity index (χ1v) is 7.19. The van der Waals surface area contributed by atoms with E-state index in [9.17, 15) is 17.2 Å². The Kier molecular flexibility index (Phi) is 3.78. The molecular weight excluding hydrogens is 288 g/mol. The molecule has 20 heavy (non-hydrogen) atoms. The van der Waals surface area contributed by atoms with Gasteiger partial charge in [0.2, 0.25) is 10.0 Å². The molecule has 2 aromatic rings. The Balaban J connectivity index is 2.15. The van der Waals surface area contributed by atoms with Crippen LogP contribution >= 0.6 is 0 Å². The third kappa shape index (κ3) is 3.14. The monoisotopic (exact) mass is 301 g/mol. The van der Waals surface area contributed by atoms with Crippen molar-refractivity contribution in [2.45, 2.75) is 11.4 Å². The molecule has 1 aromatic heterocycles. The van der Waals surface area contributed by atoms with Crippen LogP contribution in [0.3, 0.4) is 0 Å². The normalized spacial score (nSPS) is 11.6. The van der Waals surface area contributed by atoms with E-state index in [-0.39, 0.29) is 11.4 Å². The van der Waals surface area contributed by atoms with E-state index in [4.69, 9.17) is 5.14 Å². The second-order valence-electron chi connectivity index (χ2n) is 4.31. The largest absolute Gasteiger partial charge is 0.379 e. The number of halogens is 2. The van der Waals surface area contributed by atoms with Gasteiger partial charge >= 0.3 is 0 Å². The van der Waals surface area contributed by atoms with Crippen molar-refractivity contribution in [1.82, 2.24) is 4.57 Å². The molecule has 0 atom stereocenters. The van der Waals surface area contributed by atoms with E-state index in [1.807, 2.05) is 0 Å². The molecule has 0 fully saturated rings. The Hall–Kier alpha value is -1.93. The molecule has 0 amide bonds. The maximum absolute atomic E-state index is 13.0. The van der Waals surface area contributed by atoms with Gasteiger partial charge in [0.05, 0.1) is 11.4 Å². The minimum Gasteiger partial charge on any atom is -0.379 e. The quantitative estimate of drug-likeness (QED) is 0.899. The van der Waals surface area contributed by atoms with Crippen LogP contribution in [0.4, 0.5) is 14.5 Å². The number of sulfonamides is 1. The van der Waals surface area contributed by atoms with Gasteiger partial charge in [-0.05, 0) is 18.2 Å². The van der Waals surface area contributed by atoms with Crippen LogP contribution in [0.25, 0.3) is 0 Å². The second kappa shape index (κ2) is 5.22. The summed E-state index contributed by atoms with van der Waals surface area (Å²) in [5, 5.41) is 7.90. The highest BCUT2D eigenvalue weighted by atomic mass is 32.2. The summed E-state index contributed by atoms with van der Waals surface area (Å²) in [6, 6.07) is 4.85. The number of hydrogen-bond donors (Lipinski definition) is 2. The Labute approximate surface area is 115 Å². The van der Waals surface area contributed by atoms with Crippen LogP contribution in [-0.4, -0.2) is 13.0 Å². The molecule has 108 valence electrons. The van der Waals surface area contributed by atoms with Gasteiger partial charge in [0, 0.05) is 30.7 Å². The lowest BCUT2D eigenvalue weighted by molar-refractivity contribution is 0.509. The molecule has 0 aliphatic carbocycles. The highest BCUT2D eigenvalue weighted by Crippen LogP contribution is 2.16. The van der Waals surface area contributed by atoms with Crippen molar-refractivity contribution in [3.8, 4) is 0 Å². The van der Waals surface area contributed by atoms with Crippen molar-refractivity contribution in [2.24, 2.45) is 12.2 Å². The van der Waals surface area contributed by atoms with E-state index in [0.29, 0.717) is 11.4 Å². The lowest BCUT2D eigenvalue weighted by atomic mass is 10.3. The second-order valence-corrected chi connectivity index (χ2v) is 5.87. The lowest BCUT2D eigenvalue weighted by Crippen LogP contribution is -2.11. The molecule has 5 nitrogen and oxygen atoms in total. The van der Waals surface area contributed by atoms with Gasteiger partial charge < -0.3 is 9.88 Å². The van der Waals surface area contributed by atoms with Crippen LogP contribution in [0.1, 0.15) is 5.69 Å². The number of aryl methyl sites for hydroxylation is 1. The molecule has 0 aliphatic rings. The van der Waals surface area contributed by atoms with Gasteiger partial charge in [-0.3, -0.25) is 0 Å². The zero-order valence-electron chi connectivity index (χ0n) is 10.6. The van der Waals surface area contributed by atoms with Crippen LogP contribution in [0, 0.1) is 11.6 Å². The molecule has 0 unspecified atom stereocenters. The average Bonchev–Trinajstić information content (AvgIpc) is 2.72. The molecule has 0 radical (unpaired) electrons. The molecule has 1 heterocycles. The summed E-state index contributed by atoms with van der Waals surface area (Å²) in [6.07, 6.45) is 1.39. The Morgan fingerprint density at radius 3 is 2.50 bits per heavy atom. The first-order valence-electron chi connectivity index (χ1n) is 5.64. The molecule has 0 aliphatic heterocycles. The fourth-order valence-corrected chi connectivity index (χ4v) is 2.31. The predicted octanol–water partition coefficient (Wildman–Crippen LogP) is 1.56. The predicted molar refractivity (Wildman–Crippen MR) is 70.5 cm³/mol. The van der Waals surface area contributed by atoms with Crippen molar-refractivity contribution in [1.29, 1.82) is 0 Å². The third-order valence-corrected chi connectivity index (χ3v) is 3.68. The summed E-state index contributed by atoms with van der Waals surface area (Å²) in [6.45, 7) is 0.247. The summed E-state index contributed by atoms with van der Waals surface area (Å²) >= 11 is 0. The Morgan fingerprint density at radius 2 is 1.95 bits per heavy atom. The summed E-state index contributed by atoms with van der Waals surface area (Å²) in [5.74, 6) is -1.88. The first-order chi connectivity index (χ1) is 9.27. The van der Waals surface area contributed by atoms with Gasteiger partial charge in [0.15, 0.2) is 11.6 Å². The fourth-order valence-electron chi connectivity index (χ4n) is 1.71. The van der Waals surface area contributed by atoms with Crippen molar-refractivity contribution in [3.05, 3.63) is 47.8 Å². The number of aromatic nitrogens is 1. The molecule has 2 rings (SSSR count). The number of nitrogens with one attached hydrogen (secondary N) is 1. The minimum atomic E-state index is -3.76. The number of nitrogens with two attached hydrogens (primary N) is 1. The molecule has 3 N–H and O–H groups in total. The van der Waals surface area contributed by atoms with E-state index < -0.39 is 21.7 Å². The van der Waals surface area contributed by atoms with Crippen molar-refractivity contribution in [2.75, 3.05) is 5.32 Å². The highest BCUT2D eigenvalue weighted by molar-refractivity contribution is 7.89. The van der Waals surface area contributed by atoms with Gasteiger partial charge in [0.25, 0.3) is 0 Å². The summed E-state index contributed by atoms with van der Waals surface area (Å²) in [4.78, 5) is 0.00193. The molecule has 0 saturated heterocycles. The molecule has 0 bridgehead atoms. The zero-order chi connectivity index (χ0) is 14.9. The van der Waals surface area contributed by atoms with Crippen molar-refractivity contribution < 1.29 is 17.2 Å². The number of benzene rings is 1. The molecular formula is C12H13F2N3O2S. The first kappa shape index (κ1) is 14.5. The van der Waals surface area contributed by atoms with Crippen LogP contribution < -0.4 is 10.5 Å². The average molecular weight is 301 g/mol. The molecule has 0 spiro atoms. The van der Waals surface area contributed by atoms with E-state index in [2.05, 4.69) is 5.32 Å². The molecule has 1 aromatic carbocycles. The number of nitrogens with zero attached hydrogens (tertiary/aromatic N) is 1. The standard InChI is InChI=1S/C12H13F2N3O2S/c1-17-7-10(20(15,18)19)5-9(17)6-16-8-2-3-11(13)12(14)4-8/h2-5,7,16H,6H2,1H3,(H2,15,18,19). The topological polar surface area (TPSA) is 77.1 Å². The number of primary sulfonamides is 1. The van der Waals surface area contributed by atoms with E-state index in [1.165, 1.54) is 18.3 Å². The lowest BCUT2D eigenvalue weighted by Gasteiger charge is -2.07. The maximum atomic E-state index is 13.0. The zero-order valence-corrected chi connectivity index (χ0v) is 11.4. The SMILES string of the molecule is Cn1cc(S(N)(=O)=O)cc1CNc1ccc(F)c(F)c1. The smallest absolute Gasteiger partial charge is 0.239 e. The van der Waals surface area contributed by atoms with Crippen molar-refractivity contribution in [3.63, 3.8) is 0 Å². The number of rotatable bonds is 4. The third-order valence-electron chi connectivity index (χ3n) is 2.80. The summed E-state index contributed by atoms with van der Waals surface area (Å²) in [7, 11) is -2.09. The highest BCUT2D eigenvalue weighted by Gasteiger charge is 2.12. The Morgan fingerprint density at radius 1 is 1.25 bits per heavy atom. The maximum Gasteiger partial charge on any atom is 0.239 e. The molecule has 8 heteroatoms.